The first-order chi connectivity index (χ1) is 9.30. The molecule has 5 nitrogen and oxygen atoms in total. The van der Waals surface area contributed by atoms with E-state index in [2.05, 4.69) is 12.2 Å². The van der Waals surface area contributed by atoms with Crippen molar-refractivity contribution in [1.29, 1.82) is 0 Å². The fraction of sp³-hybridized carbons (Fsp3) is 0.571. The third-order valence-electron chi connectivity index (χ3n) is 3.79. The van der Waals surface area contributed by atoms with E-state index in [1.165, 1.54) is 12.1 Å². The van der Waals surface area contributed by atoms with Crippen LogP contribution in [0.1, 0.15) is 38.3 Å². The van der Waals surface area contributed by atoms with E-state index in [1.807, 2.05) is 6.92 Å². The fourth-order valence-corrected chi connectivity index (χ4v) is 2.92. The van der Waals surface area contributed by atoms with Gasteiger partial charge in [-0.2, -0.15) is 0 Å². The maximum atomic E-state index is 11.2. The van der Waals surface area contributed by atoms with Gasteiger partial charge < -0.3 is 10.1 Å². The summed E-state index contributed by atoms with van der Waals surface area (Å²) in [7, 11) is -3.62. The van der Waals surface area contributed by atoms with Crippen LogP contribution >= 0.6 is 0 Å². The van der Waals surface area contributed by atoms with Gasteiger partial charge in [-0.05, 0) is 44.4 Å². The number of sulfonamides is 1. The van der Waals surface area contributed by atoms with E-state index in [4.69, 9.17) is 9.88 Å². The molecule has 0 aromatic heterocycles. The third kappa shape index (κ3) is 3.79. The summed E-state index contributed by atoms with van der Waals surface area (Å²) in [5.74, 6) is 0. The molecule has 1 aromatic rings. The van der Waals surface area contributed by atoms with Crippen LogP contribution in [0.15, 0.2) is 29.2 Å². The van der Waals surface area contributed by atoms with Crippen LogP contribution in [-0.4, -0.2) is 27.2 Å². The Labute approximate surface area is 120 Å². The Hall–Kier alpha value is -0.950. The smallest absolute Gasteiger partial charge is 0.238 e. The van der Waals surface area contributed by atoms with E-state index in [0.29, 0.717) is 0 Å². The highest BCUT2D eigenvalue weighted by Crippen LogP contribution is 2.25. The molecule has 20 heavy (non-hydrogen) atoms. The number of nitrogens with two attached hydrogens (primary N) is 1. The predicted molar refractivity (Wildman–Crippen MR) is 77.8 cm³/mol. The van der Waals surface area contributed by atoms with E-state index in [-0.39, 0.29) is 16.5 Å². The van der Waals surface area contributed by atoms with Crippen LogP contribution in [0.25, 0.3) is 0 Å². The van der Waals surface area contributed by atoms with Crippen molar-refractivity contribution < 1.29 is 13.2 Å². The predicted octanol–water partition coefficient (Wildman–Crippen LogP) is 1.55. The summed E-state index contributed by atoms with van der Waals surface area (Å²) in [6, 6.07) is 6.78. The molecule has 1 aromatic carbocycles. The Morgan fingerprint density at radius 2 is 2.05 bits per heavy atom. The number of ether oxygens (including phenoxy) is 1. The Balaban J connectivity index is 1.97. The van der Waals surface area contributed by atoms with E-state index >= 15 is 0 Å². The molecule has 3 N–H and O–H groups in total. The topological polar surface area (TPSA) is 81.4 Å². The van der Waals surface area contributed by atoms with E-state index < -0.39 is 10.0 Å². The average molecular weight is 298 g/mol. The number of hydrogen-bond donors (Lipinski definition) is 2. The molecule has 1 fully saturated rings. The van der Waals surface area contributed by atoms with Gasteiger partial charge >= 0.3 is 0 Å². The lowest BCUT2D eigenvalue weighted by molar-refractivity contribution is 0.0191. The van der Waals surface area contributed by atoms with Crippen molar-refractivity contribution in [2.45, 2.75) is 43.2 Å². The Morgan fingerprint density at radius 1 is 1.40 bits per heavy atom. The van der Waals surface area contributed by atoms with Crippen LogP contribution in [0.5, 0.6) is 0 Å². The molecule has 1 aliphatic heterocycles. The summed E-state index contributed by atoms with van der Waals surface area (Å²) in [6.45, 7) is 5.77. The van der Waals surface area contributed by atoms with E-state index in [9.17, 15) is 8.42 Å². The molecule has 2 atom stereocenters. The van der Waals surface area contributed by atoms with Crippen LogP contribution in [0, 0.1) is 0 Å². The van der Waals surface area contributed by atoms with Gasteiger partial charge in [-0.1, -0.05) is 12.1 Å². The first kappa shape index (κ1) is 15.4. The Bertz CT molecular complexity index is 548. The van der Waals surface area contributed by atoms with Gasteiger partial charge in [0.2, 0.25) is 10.0 Å². The molecule has 112 valence electrons. The molecule has 0 spiro atoms. The second kappa shape index (κ2) is 5.81. The summed E-state index contributed by atoms with van der Waals surface area (Å²) in [4.78, 5) is 0.138. The summed E-state index contributed by atoms with van der Waals surface area (Å²) >= 11 is 0. The molecule has 0 bridgehead atoms. The number of primary sulfonamides is 1. The van der Waals surface area contributed by atoms with Crippen molar-refractivity contribution in [3.8, 4) is 0 Å². The summed E-state index contributed by atoms with van der Waals surface area (Å²) in [6.07, 6.45) is 2.17. The first-order valence-electron chi connectivity index (χ1n) is 6.80. The highest BCUT2D eigenvalue weighted by Gasteiger charge is 2.29. The molecular formula is C14H22N2O3S. The van der Waals surface area contributed by atoms with Crippen LogP contribution in [0.3, 0.4) is 0 Å². The second-order valence-electron chi connectivity index (χ2n) is 5.62. The van der Waals surface area contributed by atoms with E-state index in [0.717, 1.165) is 31.6 Å². The van der Waals surface area contributed by atoms with Gasteiger partial charge in [0.1, 0.15) is 0 Å². The van der Waals surface area contributed by atoms with Gasteiger partial charge in [-0.3, -0.25) is 0 Å². The molecular weight excluding hydrogens is 276 g/mol. The van der Waals surface area contributed by atoms with Gasteiger partial charge in [0.25, 0.3) is 0 Å². The molecule has 0 aliphatic carbocycles. The van der Waals surface area contributed by atoms with Crippen molar-refractivity contribution in [1.82, 2.24) is 5.32 Å². The molecule has 1 aliphatic rings. The van der Waals surface area contributed by atoms with Crippen molar-refractivity contribution in [2.24, 2.45) is 5.14 Å². The molecule has 1 heterocycles. The summed E-state index contributed by atoms with van der Waals surface area (Å²) in [5, 5.41) is 8.52. The number of nitrogens with one attached hydrogen (secondary N) is 1. The molecule has 1 saturated heterocycles. The second-order valence-corrected chi connectivity index (χ2v) is 7.18. The molecule has 0 amide bonds. The Morgan fingerprint density at radius 3 is 2.55 bits per heavy atom. The summed E-state index contributed by atoms with van der Waals surface area (Å²) in [5.41, 5.74) is 0.938. The lowest BCUT2D eigenvalue weighted by atomic mass is 10.0. The van der Waals surface area contributed by atoms with Gasteiger partial charge in [0, 0.05) is 19.2 Å². The van der Waals surface area contributed by atoms with E-state index in [1.54, 1.807) is 12.1 Å². The van der Waals surface area contributed by atoms with Gasteiger partial charge in [0.15, 0.2) is 0 Å². The largest absolute Gasteiger partial charge is 0.374 e. The van der Waals surface area contributed by atoms with Crippen molar-refractivity contribution in [3.63, 3.8) is 0 Å². The fourth-order valence-electron chi connectivity index (χ4n) is 2.41. The highest BCUT2D eigenvalue weighted by molar-refractivity contribution is 7.89. The van der Waals surface area contributed by atoms with Crippen LogP contribution < -0.4 is 10.5 Å². The van der Waals surface area contributed by atoms with Crippen LogP contribution in [0.4, 0.5) is 0 Å². The number of hydrogen-bond acceptors (Lipinski definition) is 4. The van der Waals surface area contributed by atoms with Crippen LogP contribution in [0.2, 0.25) is 0 Å². The quantitative estimate of drug-likeness (QED) is 0.864. The normalized spacial score (nSPS) is 24.8. The van der Waals surface area contributed by atoms with Gasteiger partial charge in [0.05, 0.1) is 10.5 Å². The SMILES string of the molecule is CC(NCC1(C)CCCO1)c1ccc(S(N)(=O)=O)cc1. The molecule has 0 radical (unpaired) electrons. The molecule has 0 saturated carbocycles. The molecule has 2 unspecified atom stereocenters. The van der Waals surface area contributed by atoms with Crippen molar-refractivity contribution in [2.75, 3.05) is 13.2 Å². The van der Waals surface area contributed by atoms with Crippen molar-refractivity contribution in [3.05, 3.63) is 29.8 Å². The molecule has 6 heteroatoms. The number of rotatable bonds is 5. The minimum Gasteiger partial charge on any atom is -0.374 e. The zero-order chi connectivity index (χ0) is 14.8. The van der Waals surface area contributed by atoms with Crippen molar-refractivity contribution >= 4 is 10.0 Å². The minimum absolute atomic E-state index is 0.0885. The monoisotopic (exact) mass is 298 g/mol. The maximum absolute atomic E-state index is 11.2. The van der Waals surface area contributed by atoms with Gasteiger partial charge in [-0.15, -0.1) is 0 Å². The third-order valence-corrected chi connectivity index (χ3v) is 4.72. The average Bonchev–Trinajstić information content (AvgIpc) is 2.83. The summed E-state index contributed by atoms with van der Waals surface area (Å²) < 4.78 is 28.1. The standard InChI is InChI=1S/C14H22N2O3S/c1-11(16-10-14(2)8-3-9-19-14)12-4-6-13(7-5-12)20(15,17)18/h4-7,11,16H,3,8-10H2,1-2H3,(H2,15,17,18). The molecule has 2 rings (SSSR count). The zero-order valence-corrected chi connectivity index (χ0v) is 12.7. The Kier molecular flexibility index (Phi) is 4.49. The minimum atomic E-state index is -3.62. The highest BCUT2D eigenvalue weighted by atomic mass is 32.2. The lowest BCUT2D eigenvalue weighted by Gasteiger charge is -2.26. The lowest BCUT2D eigenvalue weighted by Crippen LogP contribution is -2.38. The van der Waals surface area contributed by atoms with Crippen LogP contribution in [-0.2, 0) is 14.8 Å². The number of benzene rings is 1. The maximum Gasteiger partial charge on any atom is 0.238 e. The van der Waals surface area contributed by atoms with Gasteiger partial charge in [-0.25, -0.2) is 13.6 Å². The first-order valence-corrected chi connectivity index (χ1v) is 8.35. The zero-order valence-electron chi connectivity index (χ0n) is 11.9.